The molecule has 2 heteroatoms. The molecule has 1 saturated heterocycles. The number of rotatable bonds is 7. The zero-order valence-electron chi connectivity index (χ0n) is 11.6. The van der Waals surface area contributed by atoms with Crippen molar-refractivity contribution in [2.45, 2.75) is 65.1 Å². The van der Waals surface area contributed by atoms with Crippen molar-refractivity contribution in [3.63, 3.8) is 0 Å². The number of hydrogen-bond donors (Lipinski definition) is 1. The summed E-state index contributed by atoms with van der Waals surface area (Å²) in [7, 11) is 0. The standard InChI is InChI=1S/C15H26O2/c1-12(7-5-6-8-13(2)11-16)9-10-14-15(3,4)17-14/h7-8,14,16H,5-6,9-11H2,1-4H3/b12-7+,13-8+. The number of ether oxygens (including phenoxy) is 1. The molecule has 0 aromatic rings. The summed E-state index contributed by atoms with van der Waals surface area (Å²) < 4.78 is 5.56. The Hall–Kier alpha value is -0.600. The molecule has 1 unspecified atom stereocenters. The lowest BCUT2D eigenvalue weighted by atomic mass is 10.0. The van der Waals surface area contributed by atoms with Gasteiger partial charge in [-0.25, -0.2) is 0 Å². The molecule has 1 aliphatic heterocycles. The molecular weight excluding hydrogens is 212 g/mol. The molecule has 1 heterocycles. The fourth-order valence-electron chi connectivity index (χ4n) is 1.92. The number of allylic oxidation sites excluding steroid dienone is 3. The Kier molecular flexibility index (Phi) is 5.41. The average Bonchev–Trinajstić information content (AvgIpc) is 2.89. The highest BCUT2D eigenvalue weighted by molar-refractivity contribution is 5.04. The van der Waals surface area contributed by atoms with E-state index in [0.717, 1.165) is 31.3 Å². The summed E-state index contributed by atoms with van der Waals surface area (Å²) in [6, 6.07) is 0. The van der Waals surface area contributed by atoms with Crippen molar-refractivity contribution < 1.29 is 9.84 Å². The van der Waals surface area contributed by atoms with Gasteiger partial charge in [-0.3, -0.25) is 0 Å². The average molecular weight is 238 g/mol. The van der Waals surface area contributed by atoms with Gasteiger partial charge < -0.3 is 9.84 Å². The second kappa shape index (κ2) is 6.36. The van der Waals surface area contributed by atoms with Crippen molar-refractivity contribution in [1.82, 2.24) is 0 Å². The molecular formula is C15H26O2. The SMILES string of the molecule is C/C(=C\CC/C=C(\C)CCC1OC1(C)C)CO. The van der Waals surface area contributed by atoms with E-state index in [4.69, 9.17) is 9.84 Å². The summed E-state index contributed by atoms with van der Waals surface area (Å²) >= 11 is 0. The van der Waals surface area contributed by atoms with Gasteiger partial charge in [0.05, 0.1) is 18.3 Å². The molecule has 2 nitrogen and oxygen atoms in total. The smallest absolute Gasteiger partial charge is 0.0892 e. The fraction of sp³-hybridized carbons (Fsp3) is 0.733. The minimum Gasteiger partial charge on any atom is -0.392 e. The molecule has 1 atom stereocenters. The maximum Gasteiger partial charge on any atom is 0.0892 e. The molecule has 0 aromatic heterocycles. The second-order valence-corrected chi connectivity index (χ2v) is 5.59. The van der Waals surface area contributed by atoms with Gasteiger partial charge in [-0.15, -0.1) is 0 Å². The molecule has 1 fully saturated rings. The highest BCUT2D eigenvalue weighted by atomic mass is 16.6. The molecule has 1 aliphatic rings. The maximum absolute atomic E-state index is 8.85. The van der Waals surface area contributed by atoms with E-state index in [1.165, 1.54) is 5.57 Å². The number of epoxide rings is 1. The molecule has 98 valence electrons. The van der Waals surface area contributed by atoms with Crippen LogP contribution in [0, 0.1) is 0 Å². The zero-order valence-corrected chi connectivity index (χ0v) is 11.6. The van der Waals surface area contributed by atoms with Gasteiger partial charge in [-0.1, -0.05) is 23.3 Å². The summed E-state index contributed by atoms with van der Waals surface area (Å²) in [4.78, 5) is 0. The summed E-state index contributed by atoms with van der Waals surface area (Å²) in [6.07, 6.45) is 9.24. The summed E-state index contributed by atoms with van der Waals surface area (Å²) in [5.41, 5.74) is 2.64. The van der Waals surface area contributed by atoms with Gasteiger partial charge in [-0.05, 0) is 53.4 Å². The van der Waals surface area contributed by atoms with Crippen LogP contribution in [0.3, 0.4) is 0 Å². The van der Waals surface area contributed by atoms with E-state index in [0.29, 0.717) is 6.10 Å². The monoisotopic (exact) mass is 238 g/mol. The summed E-state index contributed by atoms with van der Waals surface area (Å²) in [5.74, 6) is 0. The molecule has 0 bridgehead atoms. The van der Waals surface area contributed by atoms with Crippen molar-refractivity contribution in [3.8, 4) is 0 Å². The minimum atomic E-state index is 0.126. The Morgan fingerprint density at radius 2 is 1.71 bits per heavy atom. The van der Waals surface area contributed by atoms with Crippen LogP contribution in [-0.2, 0) is 4.74 Å². The maximum atomic E-state index is 8.85. The number of aliphatic hydroxyl groups is 1. The third kappa shape index (κ3) is 5.51. The van der Waals surface area contributed by atoms with Crippen molar-refractivity contribution >= 4 is 0 Å². The van der Waals surface area contributed by atoms with Crippen LogP contribution in [0.1, 0.15) is 53.4 Å². The van der Waals surface area contributed by atoms with Gasteiger partial charge in [-0.2, -0.15) is 0 Å². The van der Waals surface area contributed by atoms with Crippen LogP contribution in [0.4, 0.5) is 0 Å². The van der Waals surface area contributed by atoms with E-state index in [1.54, 1.807) is 0 Å². The molecule has 0 saturated carbocycles. The Morgan fingerprint density at radius 3 is 2.18 bits per heavy atom. The van der Waals surface area contributed by atoms with E-state index in [1.807, 2.05) is 6.92 Å². The largest absolute Gasteiger partial charge is 0.392 e. The van der Waals surface area contributed by atoms with Crippen LogP contribution in [0.5, 0.6) is 0 Å². The lowest BCUT2D eigenvalue weighted by Gasteiger charge is -2.00. The number of hydrogen-bond acceptors (Lipinski definition) is 2. The molecule has 17 heavy (non-hydrogen) atoms. The first-order valence-corrected chi connectivity index (χ1v) is 6.55. The first kappa shape index (κ1) is 14.5. The predicted molar refractivity (Wildman–Crippen MR) is 72.0 cm³/mol. The lowest BCUT2D eigenvalue weighted by molar-refractivity contribution is 0.320. The van der Waals surface area contributed by atoms with Crippen molar-refractivity contribution in [2.75, 3.05) is 6.61 Å². The van der Waals surface area contributed by atoms with E-state index in [9.17, 15) is 0 Å². The molecule has 0 aliphatic carbocycles. The normalized spacial score (nSPS) is 23.9. The third-order valence-electron chi connectivity index (χ3n) is 3.37. The molecule has 1 N–H and O–H groups in total. The van der Waals surface area contributed by atoms with Crippen LogP contribution in [-0.4, -0.2) is 23.4 Å². The van der Waals surface area contributed by atoms with Gasteiger partial charge in [0, 0.05) is 0 Å². The van der Waals surface area contributed by atoms with Crippen LogP contribution in [0.25, 0.3) is 0 Å². The van der Waals surface area contributed by atoms with Crippen LogP contribution < -0.4 is 0 Å². The predicted octanol–water partition coefficient (Wildman–Crippen LogP) is 3.61. The molecule has 1 rings (SSSR count). The highest BCUT2D eigenvalue weighted by Crippen LogP contribution is 2.38. The molecule has 0 spiro atoms. The summed E-state index contributed by atoms with van der Waals surface area (Å²) in [6.45, 7) is 8.64. The fourth-order valence-corrected chi connectivity index (χ4v) is 1.92. The van der Waals surface area contributed by atoms with Gasteiger partial charge in [0.2, 0.25) is 0 Å². The first-order valence-electron chi connectivity index (χ1n) is 6.55. The third-order valence-corrected chi connectivity index (χ3v) is 3.37. The molecule has 0 radical (unpaired) electrons. The van der Waals surface area contributed by atoms with Gasteiger partial charge in [0.1, 0.15) is 0 Å². The van der Waals surface area contributed by atoms with E-state index >= 15 is 0 Å². The van der Waals surface area contributed by atoms with Crippen molar-refractivity contribution in [1.29, 1.82) is 0 Å². The molecule has 0 amide bonds. The first-order chi connectivity index (χ1) is 7.95. The highest BCUT2D eigenvalue weighted by Gasteiger charge is 2.46. The molecule has 0 aromatic carbocycles. The second-order valence-electron chi connectivity index (χ2n) is 5.59. The van der Waals surface area contributed by atoms with Gasteiger partial charge in [0.15, 0.2) is 0 Å². The Labute approximate surface area is 105 Å². The van der Waals surface area contributed by atoms with Crippen molar-refractivity contribution in [2.24, 2.45) is 0 Å². The van der Waals surface area contributed by atoms with E-state index < -0.39 is 0 Å². The van der Waals surface area contributed by atoms with Gasteiger partial charge >= 0.3 is 0 Å². The minimum absolute atomic E-state index is 0.126. The van der Waals surface area contributed by atoms with Gasteiger partial charge in [0.25, 0.3) is 0 Å². The summed E-state index contributed by atoms with van der Waals surface area (Å²) in [5, 5.41) is 8.85. The van der Waals surface area contributed by atoms with Crippen LogP contribution in [0.2, 0.25) is 0 Å². The van der Waals surface area contributed by atoms with E-state index in [2.05, 4.69) is 32.9 Å². The number of aliphatic hydroxyl groups excluding tert-OH is 1. The van der Waals surface area contributed by atoms with Crippen molar-refractivity contribution in [3.05, 3.63) is 23.3 Å². The zero-order chi connectivity index (χ0) is 12.9. The Balaban J connectivity index is 2.13. The topological polar surface area (TPSA) is 32.8 Å². The Morgan fingerprint density at radius 1 is 1.18 bits per heavy atom. The van der Waals surface area contributed by atoms with Crippen LogP contribution >= 0.6 is 0 Å². The number of unbranched alkanes of at least 4 members (excludes halogenated alkanes) is 1. The van der Waals surface area contributed by atoms with E-state index in [-0.39, 0.29) is 12.2 Å². The van der Waals surface area contributed by atoms with Crippen LogP contribution in [0.15, 0.2) is 23.3 Å². The Bertz CT molecular complexity index is 300. The lowest BCUT2D eigenvalue weighted by Crippen LogP contribution is -2.02. The quantitative estimate of drug-likeness (QED) is 0.417.